The second-order valence-electron chi connectivity index (χ2n) is 5.83. The van der Waals surface area contributed by atoms with Gasteiger partial charge in [-0.25, -0.2) is 4.98 Å². The summed E-state index contributed by atoms with van der Waals surface area (Å²) in [5.74, 6) is 0. The van der Waals surface area contributed by atoms with Gasteiger partial charge in [-0.15, -0.1) is 11.3 Å². The number of aromatic nitrogens is 1. The molecule has 0 spiro atoms. The minimum atomic E-state index is 0.559. The van der Waals surface area contributed by atoms with Crippen molar-refractivity contribution in [3.05, 3.63) is 52.0 Å². The van der Waals surface area contributed by atoms with Crippen LogP contribution in [0.5, 0.6) is 0 Å². The predicted octanol–water partition coefficient (Wildman–Crippen LogP) is 3.32. The van der Waals surface area contributed by atoms with E-state index in [-0.39, 0.29) is 0 Å². The molecule has 0 unspecified atom stereocenters. The molecule has 0 aliphatic rings. The largest absolute Gasteiger partial charge is 0.314 e. The molecule has 0 fully saturated rings. The zero-order valence-corrected chi connectivity index (χ0v) is 14.0. The van der Waals surface area contributed by atoms with Gasteiger partial charge in [-0.1, -0.05) is 38.1 Å². The Labute approximate surface area is 132 Å². The quantitative estimate of drug-likeness (QED) is 0.811. The van der Waals surface area contributed by atoms with Crippen LogP contribution in [-0.4, -0.2) is 29.5 Å². The molecular weight excluding hydrogens is 278 g/mol. The van der Waals surface area contributed by atoms with Gasteiger partial charge >= 0.3 is 0 Å². The number of thiazole rings is 1. The molecule has 0 saturated heterocycles. The molecule has 1 aromatic carbocycles. The van der Waals surface area contributed by atoms with Gasteiger partial charge in [0.15, 0.2) is 0 Å². The van der Waals surface area contributed by atoms with Crippen LogP contribution in [0.2, 0.25) is 0 Å². The van der Waals surface area contributed by atoms with Crippen LogP contribution >= 0.6 is 11.3 Å². The first-order valence-corrected chi connectivity index (χ1v) is 8.44. The van der Waals surface area contributed by atoms with Crippen molar-refractivity contribution >= 4 is 11.3 Å². The molecule has 0 bridgehead atoms. The number of benzene rings is 1. The zero-order valence-electron chi connectivity index (χ0n) is 13.2. The third-order valence-corrected chi connectivity index (χ3v) is 3.99. The molecule has 21 heavy (non-hydrogen) atoms. The molecular formula is C17H25N3S. The average molecular weight is 303 g/mol. The molecule has 2 aromatic rings. The van der Waals surface area contributed by atoms with Gasteiger partial charge < -0.3 is 5.32 Å². The Bertz CT molecular complexity index is 505. The van der Waals surface area contributed by atoms with Crippen molar-refractivity contribution in [1.82, 2.24) is 15.2 Å². The average Bonchev–Trinajstić information content (AvgIpc) is 2.93. The van der Waals surface area contributed by atoms with Crippen molar-refractivity contribution in [3.8, 4) is 0 Å². The topological polar surface area (TPSA) is 28.2 Å². The number of rotatable bonds is 8. The number of nitrogens with zero attached hydrogens (tertiary/aromatic N) is 2. The fourth-order valence-electron chi connectivity index (χ4n) is 2.28. The Morgan fingerprint density at radius 2 is 1.86 bits per heavy atom. The van der Waals surface area contributed by atoms with Crippen molar-refractivity contribution in [2.75, 3.05) is 13.6 Å². The third kappa shape index (κ3) is 5.96. The monoisotopic (exact) mass is 303 g/mol. The Balaban J connectivity index is 1.78. The van der Waals surface area contributed by atoms with E-state index in [4.69, 9.17) is 0 Å². The highest BCUT2D eigenvalue weighted by Gasteiger charge is 2.03. The van der Waals surface area contributed by atoms with Gasteiger partial charge in [0.25, 0.3) is 0 Å². The van der Waals surface area contributed by atoms with Crippen LogP contribution in [0, 0.1) is 0 Å². The normalized spacial score (nSPS) is 11.5. The molecule has 0 radical (unpaired) electrons. The molecule has 0 saturated carbocycles. The summed E-state index contributed by atoms with van der Waals surface area (Å²) < 4.78 is 0. The molecule has 1 N–H and O–H groups in total. The second kappa shape index (κ2) is 8.27. The highest BCUT2D eigenvalue weighted by molar-refractivity contribution is 7.07. The molecule has 114 valence electrons. The summed E-state index contributed by atoms with van der Waals surface area (Å²) in [5.41, 5.74) is 5.80. The van der Waals surface area contributed by atoms with E-state index < -0.39 is 0 Å². The van der Waals surface area contributed by atoms with Crippen molar-refractivity contribution in [2.45, 2.75) is 39.4 Å². The lowest BCUT2D eigenvalue weighted by Gasteiger charge is -2.15. The van der Waals surface area contributed by atoms with E-state index in [9.17, 15) is 0 Å². The van der Waals surface area contributed by atoms with Gasteiger partial charge in [-0.05, 0) is 31.1 Å². The first kappa shape index (κ1) is 16.1. The molecule has 0 amide bonds. The van der Waals surface area contributed by atoms with Crippen LogP contribution in [0.3, 0.4) is 0 Å². The van der Waals surface area contributed by atoms with E-state index in [0.717, 1.165) is 31.7 Å². The number of hydrogen-bond donors (Lipinski definition) is 1. The molecule has 0 aliphatic heterocycles. The minimum absolute atomic E-state index is 0.559. The smallest absolute Gasteiger partial charge is 0.0795 e. The fraction of sp³-hybridized carbons (Fsp3) is 0.471. The van der Waals surface area contributed by atoms with Gasteiger partial charge in [-0.2, -0.15) is 0 Å². The predicted molar refractivity (Wildman–Crippen MR) is 90.6 cm³/mol. The lowest BCUT2D eigenvalue weighted by molar-refractivity contribution is 0.316. The van der Waals surface area contributed by atoms with Crippen molar-refractivity contribution in [2.24, 2.45) is 0 Å². The van der Waals surface area contributed by atoms with Crippen molar-refractivity contribution < 1.29 is 0 Å². The maximum Gasteiger partial charge on any atom is 0.0795 e. The molecule has 3 nitrogen and oxygen atoms in total. The van der Waals surface area contributed by atoms with Crippen molar-refractivity contribution in [1.29, 1.82) is 0 Å². The fourth-order valence-corrected chi connectivity index (χ4v) is 2.83. The van der Waals surface area contributed by atoms with E-state index in [1.165, 1.54) is 11.1 Å². The summed E-state index contributed by atoms with van der Waals surface area (Å²) in [6.07, 6.45) is 1.09. The Hall–Kier alpha value is -1.23. The van der Waals surface area contributed by atoms with E-state index in [0.29, 0.717) is 6.04 Å². The summed E-state index contributed by atoms with van der Waals surface area (Å²) in [5, 5.41) is 5.56. The minimum Gasteiger partial charge on any atom is -0.314 e. The summed E-state index contributed by atoms with van der Waals surface area (Å²) in [6, 6.07) is 9.52. The Morgan fingerprint density at radius 1 is 1.14 bits per heavy atom. The third-order valence-electron chi connectivity index (χ3n) is 3.36. The lowest BCUT2D eigenvalue weighted by Crippen LogP contribution is -2.24. The van der Waals surface area contributed by atoms with Crippen LogP contribution in [-0.2, 0) is 19.5 Å². The van der Waals surface area contributed by atoms with Crippen LogP contribution in [0.15, 0.2) is 35.2 Å². The molecule has 1 aromatic heterocycles. The Kier molecular flexibility index (Phi) is 6.36. The molecule has 0 aliphatic carbocycles. The van der Waals surface area contributed by atoms with E-state index in [2.05, 4.69) is 65.7 Å². The summed E-state index contributed by atoms with van der Waals surface area (Å²) in [7, 11) is 2.14. The molecule has 4 heteroatoms. The van der Waals surface area contributed by atoms with Gasteiger partial charge in [0.1, 0.15) is 0 Å². The summed E-state index contributed by atoms with van der Waals surface area (Å²) in [6.45, 7) is 7.27. The molecule has 2 rings (SSSR count). The van der Waals surface area contributed by atoms with Crippen LogP contribution in [0.4, 0.5) is 0 Å². The van der Waals surface area contributed by atoms with Gasteiger partial charge in [0.2, 0.25) is 0 Å². The highest BCUT2D eigenvalue weighted by Crippen LogP contribution is 2.10. The summed E-state index contributed by atoms with van der Waals surface area (Å²) in [4.78, 5) is 6.63. The van der Waals surface area contributed by atoms with Gasteiger partial charge in [0, 0.05) is 24.5 Å². The van der Waals surface area contributed by atoms with E-state index >= 15 is 0 Å². The van der Waals surface area contributed by atoms with Crippen LogP contribution in [0.25, 0.3) is 0 Å². The Morgan fingerprint density at radius 3 is 2.48 bits per heavy atom. The van der Waals surface area contributed by atoms with Gasteiger partial charge in [-0.3, -0.25) is 4.90 Å². The maximum absolute atomic E-state index is 4.33. The van der Waals surface area contributed by atoms with E-state index in [1.54, 1.807) is 11.3 Å². The molecule has 0 atom stereocenters. The van der Waals surface area contributed by atoms with E-state index in [1.807, 2.05) is 5.51 Å². The van der Waals surface area contributed by atoms with Crippen LogP contribution in [0.1, 0.15) is 30.7 Å². The first-order valence-electron chi connectivity index (χ1n) is 7.50. The van der Waals surface area contributed by atoms with Crippen molar-refractivity contribution in [3.63, 3.8) is 0 Å². The zero-order chi connectivity index (χ0) is 15.1. The second-order valence-corrected chi connectivity index (χ2v) is 6.55. The number of nitrogens with one attached hydrogen (secondary N) is 1. The summed E-state index contributed by atoms with van der Waals surface area (Å²) >= 11 is 1.66. The lowest BCUT2D eigenvalue weighted by atomic mass is 10.1. The van der Waals surface area contributed by atoms with Crippen LogP contribution < -0.4 is 5.32 Å². The number of hydrogen-bond acceptors (Lipinski definition) is 4. The first-order chi connectivity index (χ1) is 10.1. The SMILES string of the molecule is CC(C)NCCc1ccc(CN(C)Cc2cscn2)cc1. The van der Waals surface area contributed by atoms with Gasteiger partial charge in [0.05, 0.1) is 11.2 Å². The maximum atomic E-state index is 4.33. The molecule has 1 heterocycles. The standard InChI is InChI=1S/C17H25N3S/c1-14(2)18-9-8-15-4-6-16(7-5-15)10-20(3)11-17-12-21-13-19-17/h4-7,12-14,18H,8-11H2,1-3H3. The highest BCUT2D eigenvalue weighted by atomic mass is 32.1.